The lowest BCUT2D eigenvalue weighted by Gasteiger charge is -2.13. The van der Waals surface area contributed by atoms with Gasteiger partial charge in [0.1, 0.15) is 11.6 Å². The van der Waals surface area contributed by atoms with Crippen molar-refractivity contribution in [2.45, 2.75) is 13.0 Å². The molecule has 2 N–H and O–H groups in total. The highest BCUT2D eigenvalue weighted by atomic mass is 19.1. The second kappa shape index (κ2) is 9.96. The lowest BCUT2D eigenvalue weighted by molar-refractivity contribution is 0.354. The molecule has 32 heavy (non-hydrogen) atoms. The van der Waals surface area contributed by atoms with E-state index < -0.39 is 0 Å². The molecule has 0 atom stereocenters. The van der Waals surface area contributed by atoms with E-state index in [1.807, 2.05) is 42.5 Å². The molecule has 0 aliphatic rings. The Bertz CT molecular complexity index is 1200. The van der Waals surface area contributed by atoms with Crippen molar-refractivity contribution >= 4 is 22.7 Å². The summed E-state index contributed by atoms with van der Waals surface area (Å²) in [5.41, 5.74) is 2.93. The topological polar surface area (TPSA) is 68.3 Å². The maximum atomic E-state index is 13.2. The van der Waals surface area contributed by atoms with Gasteiger partial charge in [0, 0.05) is 18.5 Å². The average Bonchev–Trinajstić information content (AvgIpc) is 2.83. The molecule has 0 saturated carbocycles. The van der Waals surface area contributed by atoms with Gasteiger partial charge in [-0.25, -0.2) is 9.37 Å². The first kappa shape index (κ1) is 21.4. The first-order valence-corrected chi connectivity index (χ1v) is 10.4. The summed E-state index contributed by atoms with van der Waals surface area (Å²) in [6.45, 7) is 1.19. The van der Waals surface area contributed by atoms with Gasteiger partial charge in [-0.15, -0.1) is 0 Å². The highest BCUT2D eigenvalue weighted by Gasteiger charge is 2.09. The zero-order valence-corrected chi connectivity index (χ0v) is 18.1. The summed E-state index contributed by atoms with van der Waals surface area (Å²) in [5, 5.41) is 7.60. The van der Waals surface area contributed by atoms with Gasteiger partial charge in [0.15, 0.2) is 11.5 Å². The lowest BCUT2D eigenvalue weighted by atomic mass is 10.1. The Morgan fingerprint density at radius 2 is 1.56 bits per heavy atom. The number of ether oxygens (including phenoxy) is 2. The molecule has 0 bridgehead atoms. The molecule has 0 aliphatic heterocycles. The van der Waals surface area contributed by atoms with Gasteiger partial charge < -0.3 is 20.1 Å². The number of hydrogen-bond donors (Lipinski definition) is 2. The van der Waals surface area contributed by atoms with Crippen LogP contribution in [0.1, 0.15) is 11.1 Å². The van der Waals surface area contributed by atoms with E-state index in [2.05, 4.69) is 20.6 Å². The summed E-state index contributed by atoms with van der Waals surface area (Å²) >= 11 is 0. The Balaban J connectivity index is 1.47. The monoisotopic (exact) mass is 432 g/mol. The Labute approximate surface area is 186 Å². The Kier molecular flexibility index (Phi) is 6.65. The number of methoxy groups -OCH3 is 2. The summed E-state index contributed by atoms with van der Waals surface area (Å²) < 4.78 is 23.8. The smallest absolute Gasteiger partial charge is 0.225 e. The quantitative estimate of drug-likeness (QED) is 0.386. The number of nitrogens with one attached hydrogen (secondary N) is 2. The minimum absolute atomic E-state index is 0.248. The molecule has 0 radical (unpaired) electrons. The molecule has 1 heterocycles. The van der Waals surface area contributed by atoms with Gasteiger partial charge in [0.25, 0.3) is 0 Å². The van der Waals surface area contributed by atoms with Crippen LogP contribution in [-0.4, -0.2) is 30.7 Å². The van der Waals surface area contributed by atoms with E-state index in [1.165, 1.54) is 12.1 Å². The fourth-order valence-electron chi connectivity index (χ4n) is 3.43. The standard InChI is InChI=1S/C25H25FN4O2/c1-31-22-12-9-17(15-23(22)32-2)13-14-27-25-29-21-6-4-3-5-20(21)24(30-25)28-16-18-7-10-19(26)11-8-18/h3-12,15H,13-14,16H2,1-2H3,(H2,27,28,29,30). The maximum absolute atomic E-state index is 13.2. The van der Waals surface area contributed by atoms with Crippen molar-refractivity contribution in [1.29, 1.82) is 0 Å². The maximum Gasteiger partial charge on any atom is 0.225 e. The summed E-state index contributed by atoms with van der Waals surface area (Å²) in [5.74, 6) is 2.44. The van der Waals surface area contributed by atoms with Crippen molar-refractivity contribution < 1.29 is 13.9 Å². The second-order valence-corrected chi connectivity index (χ2v) is 7.26. The highest BCUT2D eigenvalue weighted by Crippen LogP contribution is 2.28. The minimum Gasteiger partial charge on any atom is -0.493 e. The largest absolute Gasteiger partial charge is 0.493 e. The molecule has 0 saturated heterocycles. The second-order valence-electron chi connectivity index (χ2n) is 7.26. The molecule has 0 spiro atoms. The van der Waals surface area contributed by atoms with Gasteiger partial charge in [-0.05, 0) is 53.9 Å². The van der Waals surface area contributed by atoms with Gasteiger partial charge in [0.2, 0.25) is 5.95 Å². The van der Waals surface area contributed by atoms with E-state index in [1.54, 1.807) is 26.4 Å². The molecule has 0 aliphatic carbocycles. The molecular weight excluding hydrogens is 407 g/mol. The Morgan fingerprint density at radius 1 is 0.812 bits per heavy atom. The van der Waals surface area contributed by atoms with Crippen LogP contribution in [0.5, 0.6) is 11.5 Å². The van der Waals surface area contributed by atoms with Gasteiger partial charge in [-0.2, -0.15) is 4.98 Å². The van der Waals surface area contributed by atoms with E-state index in [-0.39, 0.29) is 5.82 Å². The molecule has 0 fully saturated rings. The third-order valence-electron chi connectivity index (χ3n) is 5.12. The molecule has 3 aromatic carbocycles. The molecule has 1 aromatic heterocycles. The summed E-state index contributed by atoms with van der Waals surface area (Å²) in [6, 6.07) is 20.2. The molecular formula is C25H25FN4O2. The SMILES string of the molecule is COc1ccc(CCNc2nc(NCc3ccc(F)cc3)c3ccccc3n2)cc1OC. The third kappa shape index (κ3) is 5.06. The summed E-state index contributed by atoms with van der Waals surface area (Å²) in [4.78, 5) is 9.31. The number of aromatic nitrogens is 2. The Morgan fingerprint density at radius 3 is 2.34 bits per heavy atom. The number of nitrogens with zero attached hydrogens (tertiary/aromatic N) is 2. The minimum atomic E-state index is -0.248. The summed E-state index contributed by atoms with van der Waals surface area (Å²) in [7, 11) is 3.25. The number of fused-ring (bicyclic) bond motifs is 1. The van der Waals surface area contributed by atoms with Crippen molar-refractivity contribution in [3.8, 4) is 11.5 Å². The van der Waals surface area contributed by atoms with Crippen LogP contribution < -0.4 is 20.1 Å². The molecule has 4 rings (SSSR count). The lowest BCUT2D eigenvalue weighted by Crippen LogP contribution is -2.10. The van der Waals surface area contributed by atoms with Crippen LogP contribution in [0.2, 0.25) is 0 Å². The van der Waals surface area contributed by atoms with Crippen molar-refractivity contribution in [3.05, 3.63) is 83.7 Å². The molecule has 0 unspecified atom stereocenters. The molecule has 4 aromatic rings. The van der Waals surface area contributed by atoms with Crippen LogP contribution in [0.3, 0.4) is 0 Å². The van der Waals surface area contributed by atoms with Crippen molar-refractivity contribution in [2.75, 3.05) is 31.4 Å². The molecule has 7 heteroatoms. The molecule has 6 nitrogen and oxygen atoms in total. The number of anilines is 2. The van der Waals surface area contributed by atoms with Crippen LogP contribution in [0.25, 0.3) is 10.9 Å². The number of halogens is 1. The van der Waals surface area contributed by atoms with Gasteiger partial charge >= 0.3 is 0 Å². The normalized spacial score (nSPS) is 10.7. The van der Waals surface area contributed by atoms with Gasteiger partial charge in [-0.1, -0.05) is 30.3 Å². The first-order valence-electron chi connectivity index (χ1n) is 10.4. The molecule has 0 amide bonds. The van der Waals surface area contributed by atoms with E-state index in [0.29, 0.717) is 30.5 Å². The number of para-hydroxylation sites is 1. The van der Waals surface area contributed by atoms with Crippen molar-refractivity contribution in [1.82, 2.24) is 9.97 Å². The zero-order chi connectivity index (χ0) is 22.3. The molecule has 164 valence electrons. The predicted molar refractivity (Wildman–Crippen MR) is 125 cm³/mol. The van der Waals surface area contributed by atoms with Crippen LogP contribution in [-0.2, 0) is 13.0 Å². The van der Waals surface area contributed by atoms with Crippen LogP contribution in [0.4, 0.5) is 16.2 Å². The van der Waals surface area contributed by atoms with Crippen molar-refractivity contribution in [3.63, 3.8) is 0 Å². The average molecular weight is 432 g/mol. The van der Waals surface area contributed by atoms with E-state index in [9.17, 15) is 4.39 Å². The van der Waals surface area contributed by atoms with Gasteiger partial charge in [0.05, 0.1) is 19.7 Å². The van der Waals surface area contributed by atoms with Gasteiger partial charge in [-0.3, -0.25) is 0 Å². The zero-order valence-electron chi connectivity index (χ0n) is 18.1. The van der Waals surface area contributed by atoms with Crippen LogP contribution >= 0.6 is 0 Å². The summed E-state index contributed by atoms with van der Waals surface area (Å²) in [6.07, 6.45) is 0.773. The van der Waals surface area contributed by atoms with E-state index in [4.69, 9.17) is 9.47 Å². The Hall–Kier alpha value is -3.87. The van der Waals surface area contributed by atoms with Crippen LogP contribution in [0, 0.1) is 5.82 Å². The fourth-order valence-corrected chi connectivity index (χ4v) is 3.43. The highest BCUT2D eigenvalue weighted by molar-refractivity contribution is 5.90. The number of benzene rings is 3. The van der Waals surface area contributed by atoms with E-state index >= 15 is 0 Å². The number of rotatable bonds is 9. The number of hydrogen-bond acceptors (Lipinski definition) is 6. The van der Waals surface area contributed by atoms with Crippen LogP contribution in [0.15, 0.2) is 66.7 Å². The van der Waals surface area contributed by atoms with E-state index in [0.717, 1.165) is 34.3 Å². The first-order chi connectivity index (χ1) is 15.7. The third-order valence-corrected chi connectivity index (χ3v) is 5.12. The fraction of sp³-hybridized carbons (Fsp3) is 0.200. The van der Waals surface area contributed by atoms with Crippen molar-refractivity contribution in [2.24, 2.45) is 0 Å². The predicted octanol–water partition coefficient (Wildman–Crippen LogP) is 5.05.